The fraction of sp³-hybridized carbons (Fsp3) is 0.611. The summed E-state index contributed by atoms with van der Waals surface area (Å²) in [6, 6.07) is 7.94. The van der Waals surface area contributed by atoms with Crippen molar-refractivity contribution in [3.63, 3.8) is 0 Å². The van der Waals surface area contributed by atoms with Crippen molar-refractivity contribution in [1.82, 2.24) is 0 Å². The summed E-state index contributed by atoms with van der Waals surface area (Å²) in [5.74, 6) is 0.292. The molecule has 2 unspecified atom stereocenters. The van der Waals surface area contributed by atoms with Gasteiger partial charge in [-0.2, -0.15) is 0 Å². The molecule has 1 saturated carbocycles. The molecule has 1 aromatic rings. The molecule has 1 fully saturated rings. The minimum Gasteiger partial charge on any atom is -0.378 e. The van der Waals surface area contributed by atoms with E-state index < -0.39 is 5.54 Å². The Hall–Kier alpha value is -1.39. The first-order valence-corrected chi connectivity index (χ1v) is 8.04. The lowest BCUT2D eigenvalue weighted by Gasteiger charge is -2.57. The van der Waals surface area contributed by atoms with Crippen LogP contribution < -0.4 is 11.1 Å². The highest BCUT2D eigenvalue weighted by molar-refractivity contribution is 5.99. The van der Waals surface area contributed by atoms with Crippen LogP contribution >= 0.6 is 0 Å². The standard InChI is InChI=1S/C18H28N2O2/c1-6-22-15-11-18(19,17(15,4)5)16(21)20-14-9-7-8-13(10-14)12(2)3/h7-10,12,15H,6,11,19H2,1-5H3,(H,20,21). The predicted molar refractivity (Wildman–Crippen MR) is 89.9 cm³/mol. The maximum absolute atomic E-state index is 12.7. The smallest absolute Gasteiger partial charge is 0.245 e. The van der Waals surface area contributed by atoms with Crippen molar-refractivity contribution in [2.45, 2.75) is 58.6 Å². The summed E-state index contributed by atoms with van der Waals surface area (Å²) in [4.78, 5) is 12.7. The average Bonchev–Trinajstić information content (AvgIpc) is 2.47. The SMILES string of the molecule is CCOC1CC(N)(C(=O)Nc2cccc(C(C)C)c2)C1(C)C. The van der Waals surface area contributed by atoms with Crippen LogP contribution in [0.25, 0.3) is 0 Å². The van der Waals surface area contributed by atoms with Gasteiger partial charge in [-0.1, -0.05) is 39.8 Å². The van der Waals surface area contributed by atoms with Gasteiger partial charge < -0.3 is 15.8 Å². The first kappa shape index (κ1) is 17.0. The number of carbonyl (C=O) groups is 1. The van der Waals surface area contributed by atoms with Gasteiger partial charge in [-0.05, 0) is 30.5 Å². The second-order valence-corrected chi connectivity index (χ2v) is 7.08. The van der Waals surface area contributed by atoms with Crippen molar-refractivity contribution in [2.75, 3.05) is 11.9 Å². The summed E-state index contributed by atoms with van der Waals surface area (Å²) in [6.45, 7) is 10.9. The van der Waals surface area contributed by atoms with E-state index in [1.54, 1.807) is 0 Å². The lowest BCUT2D eigenvalue weighted by atomic mass is 9.54. The highest BCUT2D eigenvalue weighted by Crippen LogP contribution is 2.50. The molecule has 0 spiro atoms. The zero-order chi connectivity index (χ0) is 16.5. The molecule has 1 aromatic carbocycles. The maximum Gasteiger partial charge on any atom is 0.245 e. The Kier molecular flexibility index (Phi) is 4.64. The molecule has 122 valence electrons. The number of anilines is 1. The number of nitrogens with one attached hydrogen (secondary N) is 1. The number of ether oxygens (including phenoxy) is 1. The zero-order valence-corrected chi connectivity index (χ0v) is 14.3. The summed E-state index contributed by atoms with van der Waals surface area (Å²) in [5.41, 5.74) is 7.14. The van der Waals surface area contributed by atoms with E-state index in [4.69, 9.17) is 10.5 Å². The van der Waals surface area contributed by atoms with Crippen LogP contribution in [0.4, 0.5) is 5.69 Å². The molecule has 0 radical (unpaired) electrons. The van der Waals surface area contributed by atoms with Gasteiger partial charge in [0.25, 0.3) is 0 Å². The van der Waals surface area contributed by atoms with Crippen molar-refractivity contribution in [2.24, 2.45) is 11.1 Å². The van der Waals surface area contributed by atoms with Crippen LogP contribution in [-0.2, 0) is 9.53 Å². The quantitative estimate of drug-likeness (QED) is 0.877. The number of hydrogen-bond donors (Lipinski definition) is 2. The molecular weight excluding hydrogens is 276 g/mol. The first-order valence-electron chi connectivity index (χ1n) is 8.04. The molecule has 4 nitrogen and oxygen atoms in total. The highest BCUT2D eigenvalue weighted by atomic mass is 16.5. The number of rotatable bonds is 5. The summed E-state index contributed by atoms with van der Waals surface area (Å²) < 4.78 is 5.68. The van der Waals surface area contributed by atoms with Gasteiger partial charge in [0.1, 0.15) is 5.54 Å². The molecule has 2 atom stereocenters. The van der Waals surface area contributed by atoms with Gasteiger partial charge in [0.15, 0.2) is 0 Å². The van der Waals surface area contributed by atoms with Crippen LogP contribution in [0.3, 0.4) is 0 Å². The van der Waals surface area contributed by atoms with Gasteiger partial charge in [-0.25, -0.2) is 0 Å². The van der Waals surface area contributed by atoms with Crippen LogP contribution in [0.15, 0.2) is 24.3 Å². The molecule has 22 heavy (non-hydrogen) atoms. The second-order valence-electron chi connectivity index (χ2n) is 7.08. The van der Waals surface area contributed by atoms with E-state index in [0.717, 1.165) is 5.69 Å². The minimum atomic E-state index is -0.888. The van der Waals surface area contributed by atoms with Gasteiger partial charge in [0, 0.05) is 24.1 Å². The molecule has 1 aliphatic rings. The van der Waals surface area contributed by atoms with Crippen LogP contribution in [0.1, 0.15) is 52.5 Å². The summed E-state index contributed by atoms with van der Waals surface area (Å²) in [5, 5.41) is 2.98. The van der Waals surface area contributed by atoms with Crippen molar-refractivity contribution in [3.8, 4) is 0 Å². The fourth-order valence-electron chi connectivity index (χ4n) is 3.04. The van der Waals surface area contributed by atoms with E-state index in [2.05, 4.69) is 25.2 Å². The van der Waals surface area contributed by atoms with Crippen LogP contribution in [0.2, 0.25) is 0 Å². The predicted octanol–water partition coefficient (Wildman–Crippen LogP) is 3.28. The monoisotopic (exact) mass is 304 g/mol. The third-order valence-electron chi connectivity index (χ3n) is 5.05. The lowest BCUT2D eigenvalue weighted by molar-refractivity contribution is -0.166. The summed E-state index contributed by atoms with van der Waals surface area (Å²) in [7, 11) is 0. The van der Waals surface area contributed by atoms with Gasteiger partial charge in [0.2, 0.25) is 5.91 Å². The van der Waals surface area contributed by atoms with Crippen molar-refractivity contribution < 1.29 is 9.53 Å². The van der Waals surface area contributed by atoms with E-state index >= 15 is 0 Å². The van der Waals surface area contributed by atoms with Crippen molar-refractivity contribution in [3.05, 3.63) is 29.8 Å². The molecule has 4 heteroatoms. The van der Waals surface area contributed by atoms with Gasteiger partial charge in [0.05, 0.1) is 6.10 Å². The van der Waals surface area contributed by atoms with E-state index in [1.807, 2.05) is 39.0 Å². The van der Waals surface area contributed by atoms with Crippen LogP contribution in [0, 0.1) is 5.41 Å². The van der Waals surface area contributed by atoms with Crippen LogP contribution in [-0.4, -0.2) is 24.2 Å². The molecule has 1 amide bonds. The average molecular weight is 304 g/mol. The molecule has 3 N–H and O–H groups in total. The largest absolute Gasteiger partial charge is 0.378 e. The third kappa shape index (κ3) is 2.77. The van der Waals surface area contributed by atoms with Crippen molar-refractivity contribution >= 4 is 11.6 Å². The minimum absolute atomic E-state index is 0.0373. The third-order valence-corrected chi connectivity index (χ3v) is 5.05. The Morgan fingerprint density at radius 3 is 2.68 bits per heavy atom. The molecule has 2 rings (SSSR count). The Balaban J connectivity index is 2.11. The molecule has 0 aromatic heterocycles. The van der Waals surface area contributed by atoms with E-state index in [1.165, 1.54) is 5.56 Å². The Labute approximate surface area is 133 Å². The summed E-state index contributed by atoms with van der Waals surface area (Å²) in [6.07, 6.45) is 0.596. The second kappa shape index (κ2) is 6.01. The number of amides is 1. The topological polar surface area (TPSA) is 64.3 Å². The molecule has 0 bridgehead atoms. The Morgan fingerprint density at radius 1 is 1.45 bits per heavy atom. The first-order chi connectivity index (χ1) is 10.2. The zero-order valence-electron chi connectivity index (χ0n) is 14.3. The normalized spacial score (nSPS) is 26.6. The van der Waals surface area contributed by atoms with Crippen LogP contribution in [0.5, 0.6) is 0 Å². The van der Waals surface area contributed by atoms with Gasteiger partial charge in [-0.15, -0.1) is 0 Å². The molecule has 0 saturated heterocycles. The molecule has 0 heterocycles. The summed E-state index contributed by atoms with van der Waals surface area (Å²) >= 11 is 0. The Morgan fingerprint density at radius 2 is 2.14 bits per heavy atom. The maximum atomic E-state index is 12.7. The number of hydrogen-bond acceptors (Lipinski definition) is 3. The highest BCUT2D eigenvalue weighted by Gasteiger charge is 2.62. The number of benzene rings is 1. The molecular formula is C18H28N2O2. The van der Waals surface area contributed by atoms with E-state index in [0.29, 0.717) is 18.9 Å². The number of nitrogens with two attached hydrogens (primary N) is 1. The number of carbonyl (C=O) groups excluding carboxylic acids is 1. The molecule has 1 aliphatic carbocycles. The Bertz CT molecular complexity index is 554. The van der Waals surface area contributed by atoms with E-state index in [9.17, 15) is 4.79 Å². The van der Waals surface area contributed by atoms with Crippen molar-refractivity contribution in [1.29, 1.82) is 0 Å². The molecule has 0 aliphatic heterocycles. The van der Waals surface area contributed by atoms with Gasteiger partial charge in [-0.3, -0.25) is 4.79 Å². The van der Waals surface area contributed by atoms with E-state index in [-0.39, 0.29) is 17.4 Å². The van der Waals surface area contributed by atoms with Gasteiger partial charge >= 0.3 is 0 Å². The fourth-order valence-corrected chi connectivity index (χ4v) is 3.04. The lowest BCUT2D eigenvalue weighted by Crippen LogP contribution is -2.74.